The van der Waals surface area contributed by atoms with Crippen molar-refractivity contribution in [3.63, 3.8) is 0 Å². The van der Waals surface area contributed by atoms with E-state index in [0.717, 1.165) is 24.3 Å². The maximum atomic E-state index is 12.2. The number of alkyl halides is 3. The van der Waals surface area contributed by atoms with Crippen molar-refractivity contribution in [1.82, 2.24) is 0 Å². The number of carboxylic acids is 1. The molecule has 0 aliphatic heterocycles. The predicted octanol–water partition coefficient (Wildman–Crippen LogP) is 2.34. The molecule has 0 amide bonds. The molecule has 1 aromatic carbocycles. The van der Waals surface area contributed by atoms with Crippen LogP contribution in [0.5, 0.6) is 5.75 Å². The number of carboxylic acid groups (broad SMARTS) is 1. The normalized spacial score (nSPS) is 12.8. The fourth-order valence-corrected chi connectivity index (χ4v) is 1.43. The van der Waals surface area contributed by atoms with Gasteiger partial charge < -0.3 is 14.9 Å². The Morgan fingerprint density at radius 2 is 1.75 bits per heavy atom. The highest BCUT2D eigenvalue weighted by Gasteiger charge is 2.35. The van der Waals surface area contributed by atoms with Gasteiger partial charge in [0.2, 0.25) is 0 Å². The summed E-state index contributed by atoms with van der Waals surface area (Å²) < 4.78 is 41.3. The number of phenols is 1. The highest BCUT2D eigenvalue weighted by molar-refractivity contribution is 5.89. The van der Waals surface area contributed by atoms with Crippen molar-refractivity contribution in [3.05, 3.63) is 29.8 Å². The molecule has 0 bridgehead atoms. The Hall–Kier alpha value is -2.25. The van der Waals surface area contributed by atoms with Gasteiger partial charge in [0, 0.05) is 0 Å². The Labute approximate surface area is 111 Å². The van der Waals surface area contributed by atoms with E-state index in [4.69, 9.17) is 10.2 Å². The molecule has 0 aromatic heterocycles. The van der Waals surface area contributed by atoms with Gasteiger partial charge in [0.05, 0.1) is 18.4 Å². The Kier molecular flexibility index (Phi) is 4.95. The zero-order valence-corrected chi connectivity index (χ0v) is 10.1. The summed E-state index contributed by atoms with van der Waals surface area (Å²) >= 11 is 0. The van der Waals surface area contributed by atoms with E-state index in [1.165, 1.54) is 0 Å². The van der Waals surface area contributed by atoms with Crippen LogP contribution in [0, 0.1) is 0 Å². The van der Waals surface area contributed by atoms with E-state index in [-0.39, 0.29) is 11.3 Å². The molecule has 2 N–H and O–H groups in total. The summed E-state index contributed by atoms with van der Waals surface area (Å²) in [5, 5.41) is 17.5. The molecule has 0 saturated heterocycles. The number of hydrogen-bond donors (Lipinski definition) is 2. The van der Waals surface area contributed by atoms with Gasteiger partial charge in [0.15, 0.2) is 0 Å². The maximum Gasteiger partial charge on any atom is 0.392 e. The molecular formula is C12H11F3O5. The third-order valence-electron chi connectivity index (χ3n) is 2.24. The number of esters is 1. The van der Waals surface area contributed by atoms with Crippen LogP contribution < -0.4 is 0 Å². The van der Waals surface area contributed by atoms with Gasteiger partial charge in [0.1, 0.15) is 11.9 Å². The molecule has 0 radical (unpaired) electrons. The Morgan fingerprint density at radius 3 is 2.20 bits per heavy atom. The number of aromatic hydroxyl groups is 1. The summed E-state index contributed by atoms with van der Waals surface area (Å²) in [6, 6.07) is 4.63. The smallest absolute Gasteiger partial charge is 0.392 e. The van der Waals surface area contributed by atoms with Crippen molar-refractivity contribution in [1.29, 1.82) is 0 Å². The third-order valence-corrected chi connectivity index (χ3v) is 2.24. The van der Waals surface area contributed by atoms with Crippen LogP contribution in [0.4, 0.5) is 13.2 Å². The second-order valence-electron chi connectivity index (χ2n) is 3.99. The molecule has 0 aliphatic carbocycles. The number of carbonyl (C=O) groups is 2. The lowest BCUT2D eigenvalue weighted by Crippen LogP contribution is -2.27. The van der Waals surface area contributed by atoms with Crippen LogP contribution in [0.25, 0.3) is 0 Å². The highest BCUT2D eigenvalue weighted by atomic mass is 19.4. The first-order valence-electron chi connectivity index (χ1n) is 5.46. The Morgan fingerprint density at radius 1 is 1.20 bits per heavy atom. The topological polar surface area (TPSA) is 83.8 Å². The van der Waals surface area contributed by atoms with Gasteiger partial charge in [-0.2, -0.15) is 13.2 Å². The number of aliphatic carboxylic acids is 1. The lowest BCUT2D eigenvalue weighted by molar-refractivity contribution is -0.159. The molecule has 110 valence electrons. The van der Waals surface area contributed by atoms with Crippen molar-refractivity contribution >= 4 is 11.9 Å². The minimum absolute atomic E-state index is 0.0830. The van der Waals surface area contributed by atoms with Crippen LogP contribution in [0.2, 0.25) is 0 Å². The first kappa shape index (κ1) is 15.8. The Balaban J connectivity index is 2.75. The van der Waals surface area contributed by atoms with Gasteiger partial charge in [0.25, 0.3) is 0 Å². The van der Waals surface area contributed by atoms with Gasteiger partial charge in [-0.3, -0.25) is 4.79 Å². The average molecular weight is 292 g/mol. The lowest BCUT2D eigenvalue weighted by atomic mass is 10.1. The SMILES string of the molecule is O=C(O)C[C@H](CC(F)(F)F)OC(=O)c1ccc(O)cc1. The molecular weight excluding hydrogens is 281 g/mol. The summed E-state index contributed by atoms with van der Waals surface area (Å²) in [6.07, 6.45) is -8.92. The van der Waals surface area contributed by atoms with Crippen molar-refractivity contribution in [2.75, 3.05) is 0 Å². The third kappa shape index (κ3) is 5.59. The van der Waals surface area contributed by atoms with E-state index in [1.807, 2.05) is 0 Å². The molecule has 0 aliphatic rings. The molecule has 0 fully saturated rings. The number of benzene rings is 1. The van der Waals surface area contributed by atoms with Gasteiger partial charge >= 0.3 is 18.1 Å². The van der Waals surface area contributed by atoms with E-state index < -0.39 is 37.1 Å². The molecule has 1 atom stereocenters. The fourth-order valence-electron chi connectivity index (χ4n) is 1.43. The van der Waals surface area contributed by atoms with E-state index in [0.29, 0.717) is 0 Å². The van der Waals surface area contributed by atoms with Crippen molar-refractivity contribution in [2.45, 2.75) is 25.1 Å². The van der Waals surface area contributed by atoms with Crippen LogP contribution in [-0.2, 0) is 9.53 Å². The molecule has 0 unspecified atom stereocenters. The van der Waals surface area contributed by atoms with Crippen LogP contribution >= 0.6 is 0 Å². The lowest BCUT2D eigenvalue weighted by Gasteiger charge is -2.17. The van der Waals surface area contributed by atoms with Gasteiger partial charge in [-0.1, -0.05) is 0 Å². The van der Waals surface area contributed by atoms with Gasteiger partial charge in [-0.25, -0.2) is 4.79 Å². The summed E-state index contributed by atoms with van der Waals surface area (Å²) in [6.45, 7) is 0. The van der Waals surface area contributed by atoms with E-state index >= 15 is 0 Å². The van der Waals surface area contributed by atoms with Crippen molar-refractivity contribution in [2.24, 2.45) is 0 Å². The number of halogens is 3. The molecule has 5 nitrogen and oxygen atoms in total. The Bertz CT molecular complexity index is 481. The summed E-state index contributed by atoms with van der Waals surface area (Å²) in [7, 11) is 0. The van der Waals surface area contributed by atoms with Crippen molar-refractivity contribution < 1.29 is 37.7 Å². The molecule has 1 rings (SSSR count). The van der Waals surface area contributed by atoms with Gasteiger partial charge in [-0.05, 0) is 24.3 Å². The number of hydrogen-bond acceptors (Lipinski definition) is 4. The minimum atomic E-state index is -4.64. The van der Waals surface area contributed by atoms with E-state index in [9.17, 15) is 22.8 Å². The molecule has 0 spiro atoms. The highest BCUT2D eigenvalue weighted by Crippen LogP contribution is 2.25. The second-order valence-corrected chi connectivity index (χ2v) is 3.99. The van der Waals surface area contributed by atoms with E-state index in [1.54, 1.807) is 0 Å². The largest absolute Gasteiger partial charge is 0.508 e. The standard InChI is InChI=1S/C12H11F3O5/c13-12(14,15)6-9(5-10(17)18)20-11(19)7-1-3-8(16)4-2-7/h1-4,9,16H,5-6H2,(H,17,18)/t9-/m1/s1. The van der Waals surface area contributed by atoms with Crippen LogP contribution in [0.1, 0.15) is 23.2 Å². The summed E-state index contributed by atoms with van der Waals surface area (Å²) in [4.78, 5) is 22.0. The number of carbonyl (C=O) groups excluding carboxylic acids is 1. The summed E-state index contributed by atoms with van der Waals surface area (Å²) in [5.74, 6) is -2.71. The molecule has 0 saturated carbocycles. The first-order chi connectivity index (χ1) is 9.17. The maximum absolute atomic E-state index is 12.2. The van der Waals surface area contributed by atoms with Gasteiger partial charge in [-0.15, -0.1) is 0 Å². The van der Waals surface area contributed by atoms with Crippen LogP contribution in [-0.4, -0.2) is 34.4 Å². The number of rotatable bonds is 5. The first-order valence-corrected chi connectivity index (χ1v) is 5.46. The molecule has 20 heavy (non-hydrogen) atoms. The number of phenolic OH excluding ortho intramolecular Hbond substituents is 1. The zero-order chi connectivity index (χ0) is 15.3. The average Bonchev–Trinajstić information content (AvgIpc) is 2.26. The number of ether oxygens (including phenoxy) is 1. The quantitative estimate of drug-likeness (QED) is 0.814. The van der Waals surface area contributed by atoms with Crippen LogP contribution in [0.3, 0.4) is 0 Å². The van der Waals surface area contributed by atoms with Crippen LogP contribution in [0.15, 0.2) is 24.3 Å². The molecule has 8 heteroatoms. The minimum Gasteiger partial charge on any atom is -0.508 e. The summed E-state index contributed by atoms with van der Waals surface area (Å²) in [5.41, 5.74) is -0.0830. The molecule has 1 aromatic rings. The fraction of sp³-hybridized carbons (Fsp3) is 0.333. The zero-order valence-electron chi connectivity index (χ0n) is 10.1. The van der Waals surface area contributed by atoms with E-state index in [2.05, 4.69) is 4.74 Å². The molecule has 0 heterocycles. The predicted molar refractivity (Wildman–Crippen MR) is 60.2 cm³/mol. The van der Waals surface area contributed by atoms with Crippen molar-refractivity contribution in [3.8, 4) is 5.75 Å². The second kappa shape index (κ2) is 6.27. The monoisotopic (exact) mass is 292 g/mol.